The largest absolute Gasteiger partial charge is 0.495 e. The van der Waals surface area contributed by atoms with Gasteiger partial charge in [0.05, 0.1) is 24.8 Å². The first kappa shape index (κ1) is 21.8. The molecule has 0 atom stereocenters. The number of hydrogen-bond donors (Lipinski definition) is 3. The van der Waals surface area contributed by atoms with Crippen molar-refractivity contribution in [2.45, 2.75) is 5.16 Å². The molecule has 0 aliphatic rings. The molecule has 0 saturated carbocycles. The molecule has 9 nitrogen and oxygen atoms in total. The number of aromatic nitrogens is 3. The molecule has 0 bridgehead atoms. The average molecular weight is 466 g/mol. The number of hydrazone groups is 1. The lowest BCUT2D eigenvalue weighted by Gasteiger charge is -2.10. The molecule has 0 aliphatic carbocycles. The number of nitrogens with one attached hydrogen (secondary N) is 2. The standard InChI is InChI=1S/C18H17Cl2N7O2S/c1-29-15-7-6-13(20)8-14(15)23-16(28)10-30-18-26-25-17(27(18)21)24-22-9-11-2-4-12(19)5-3-11/h2-9H,10,21H2,1H3,(H,23,28)(H,24,25)/b22-9+. The number of nitrogens with zero attached hydrogens (tertiary/aromatic N) is 4. The highest BCUT2D eigenvalue weighted by Gasteiger charge is 2.13. The maximum absolute atomic E-state index is 12.3. The van der Waals surface area contributed by atoms with Gasteiger partial charge in [0.25, 0.3) is 5.95 Å². The summed E-state index contributed by atoms with van der Waals surface area (Å²) < 4.78 is 6.41. The number of nitrogens with two attached hydrogens (primary N) is 1. The second kappa shape index (κ2) is 10.2. The van der Waals surface area contributed by atoms with E-state index in [2.05, 4.69) is 26.0 Å². The molecule has 1 aromatic heterocycles. The average Bonchev–Trinajstić information content (AvgIpc) is 3.08. The highest BCUT2D eigenvalue weighted by Crippen LogP contribution is 2.28. The normalized spacial score (nSPS) is 10.9. The summed E-state index contributed by atoms with van der Waals surface area (Å²) >= 11 is 12.9. The molecule has 1 heterocycles. The number of halogens is 2. The van der Waals surface area contributed by atoms with Crippen molar-refractivity contribution in [2.24, 2.45) is 5.10 Å². The molecule has 3 rings (SSSR count). The minimum atomic E-state index is -0.279. The summed E-state index contributed by atoms with van der Waals surface area (Å²) in [7, 11) is 1.51. The zero-order valence-electron chi connectivity index (χ0n) is 15.7. The first-order valence-corrected chi connectivity index (χ1v) is 10.2. The Morgan fingerprint density at radius 2 is 1.97 bits per heavy atom. The summed E-state index contributed by atoms with van der Waals surface area (Å²) in [6, 6.07) is 12.1. The Bertz CT molecular complexity index is 1060. The smallest absolute Gasteiger partial charge is 0.264 e. The SMILES string of the molecule is COc1ccc(Cl)cc1NC(=O)CSc1nnc(N/N=C/c2ccc(Cl)cc2)n1N. The third-order valence-corrected chi connectivity index (χ3v) is 5.11. The van der Waals surface area contributed by atoms with E-state index in [9.17, 15) is 4.79 Å². The zero-order valence-corrected chi connectivity index (χ0v) is 18.0. The number of ether oxygens (including phenoxy) is 1. The van der Waals surface area contributed by atoms with Gasteiger partial charge in [0.1, 0.15) is 5.75 Å². The maximum Gasteiger partial charge on any atom is 0.264 e. The number of nitrogen functional groups attached to an aromatic ring is 1. The van der Waals surface area contributed by atoms with E-state index in [0.717, 1.165) is 17.3 Å². The Morgan fingerprint density at radius 1 is 1.23 bits per heavy atom. The fraction of sp³-hybridized carbons (Fsp3) is 0.111. The van der Waals surface area contributed by atoms with Crippen LogP contribution in [0.1, 0.15) is 5.56 Å². The molecule has 0 fully saturated rings. The summed E-state index contributed by atoms with van der Waals surface area (Å²) in [5.74, 6) is 6.46. The van der Waals surface area contributed by atoms with Gasteiger partial charge in [-0.25, -0.2) is 10.1 Å². The number of anilines is 2. The molecule has 4 N–H and O–H groups in total. The molecular formula is C18H17Cl2N7O2S. The molecule has 0 spiro atoms. The van der Waals surface area contributed by atoms with E-state index in [-0.39, 0.29) is 17.6 Å². The topological polar surface area (TPSA) is 119 Å². The number of benzene rings is 2. The van der Waals surface area contributed by atoms with Crippen LogP contribution in [0.5, 0.6) is 5.75 Å². The maximum atomic E-state index is 12.3. The van der Waals surface area contributed by atoms with Crippen LogP contribution >= 0.6 is 35.0 Å². The molecule has 3 aromatic rings. The molecule has 1 amide bonds. The summed E-state index contributed by atoms with van der Waals surface area (Å²) in [6.45, 7) is 0. The lowest BCUT2D eigenvalue weighted by Crippen LogP contribution is -2.17. The number of thioether (sulfide) groups is 1. The summed E-state index contributed by atoms with van der Waals surface area (Å²) in [6.07, 6.45) is 1.59. The van der Waals surface area contributed by atoms with Gasteiger partial charge in [-0.3, -0.25) is 4.79 Å². The molecule has 156 valence electrons. The predicted molar refractivity (Wildman–Crippen MR) is 120 cm³/mol. The van der Waals surface area contributed by atoms with Gasteiger partial charge in [-0.1, -0.05) is 47.1 Å². The van der Waals surface area contributed by atoms with Crippen LogP contribution in [0.15, 0.2) is 52.7 Å². The van der Waals surface area contributed by atoms with E-state index < -0.39 is 0 Å². The van der Waals surface area contributed by atoms with Gasteiger partial charge >= 0.3 is 0 Å². The van der Waals surface area contributed by atoms with Crippen LogP contribution in [0.4, 0.5) is 11.6 Å². The number of carbonyl (C=O) groups excluding carboxylic acids is 1. The van der Waals surface area contributed by atoms with Crippen molar-refractivity contribution in [1.82, 2.24) is 14.9 Å². The van der Waals surface area contributed by atoms with E-state index in [1.807, 2.05) is 12.1 Å². The number of carbonyl (C=O) groups is 1. The van der Waals surface area contributed by atoms with Gasteiger partial charge in [0, 0.05) is 10.0 Å². The number of amides is 1. The molecule has 0 unspecified atom stereocenters. The Hall–Kier alpha value is -2.95. The Balaban J connectivity index is 1.55. The minimum absolute atomic E-state index is 0.0546. The Labute approximate surface area is 186 Å². The van der Waals surface area contributed by atoms with Crippen LogP contribution in [0.3, 0.4) is 0 Å². The summed E-state index contributed by atoms with van der Waals surface area (Å²) in [4.78, 5) is 12.3. The monoisotopic (exact) mass is 465 g/mol. The minimum Gasteiger partial charge on any atom is -0.495 e. The highest BCUT2D eigenvalue weighted by molar-refractivity contribution is 7.99. The van der Waals surface area contributed by atoms with Crippen molar-refractivity contribution in [3.05, 3.63) is 58.1 Å². The molecule has 30 heavy (non-hydrogen) atoms. The van der Waals surface area contributed by atoms with Gasteiger partial charge in [-0.2, -0.15) is 5.10 Å². The Kier molecular flexibility index (Phi) is 7.39. The lowest BCUT2D eigenvalue weighted by molar-refractivity contribution is -0.113. The molecular weight excluding hydrogens is 449 g/mol. The fourth-order valence-electron chi connectivity index (χ4n) is 2.26. The molecule has 2 aromatic carbocycles. The van der Waals surface area contributed by atoms with E-state index in [0.29, 0.717) is 26.6 Å². The van der Waals surface area contributed by atoms with Crippen LogP contribution in [0.25, 0.3) is 0 Å². The first-order chi connectivity index (χ1) is 14.5. The highest BCUT2D eigenvalue weighted by atomic mass is 35.5. The third-order valence-electron chi connectivity index (χ3n) is 3.68. The fourth-order valence-corrected chi connectivity index (χ4v) is 3.21. The second-order valence-corrected chi connectivity index (χ2v) is 7.59. The van der Waals surface area contributed by atoms with E-state index in [1.165, 1.54) is 11.8 Å². The first-order valence-electron chi connectivity index (χ1n) is 8.47. The number of methoxy groups -OCH3 is 1. The number of hydrogen-bond acceptors (Lipinski definition) is 8. The van der Waals surface area contributed by atoms with Crippen molar-refractivity contribution in [1.29, 1.82) is 0 Å². The predicted octanol–water partition coefficient (Wildman–Crippen LogP) is 3.48. The van der Waals surface area contributed by atoms with Gasteiger partial charge in [-0.05, 0) is 35.9 Å². The van der Waals surface area contributed by atoms with Crippen molar-refractivity contribution in [2.75, 3.05) is 29.4 Å². The molecule has 0 saturated heterocycles. The van der Waals surface area contributed by atoms with Gasteiger partial charge in [-0.15, -0.1) is 10.2 Å². The molecule has 0 aliphatic heterocycles. The van der Waals surface area contributed by atoms with Gasteiger partial charge < -0.3 is 15.9 Å². The lowest BCUT2D eigenvalue weighted by atomic mass is 10.2. The summed E-state index contributed by atoms with van der Waals surface area (Å²) in [5, 5.41) is 16.1. The second-order valence-electron chi connectivity index (χ2n) is 5.78. The van der Waals surface area contributed by atoms with E-state index >= 15 is 0 Å². The molecule has 0 radical (unpaired) electrons. The van der Waals surface area contributed by atoms with E-state index in [4.69, 9.17) is 33.8 Å². The Morgan fingerprint density at radius 3 is 2.70 bits per heavy atom. The van der Waals surface area contributed by atoms with Crippen molar-refractivity contribution in [3.8, 4) is 5.75 Å². The third kappa shape index (κ3) is 5.78. The molecule has 12 heteroatoms. The van der Waals surface area contributed by atoms with Gasteiger partial charge in [0.2, 0.25) is 11.1 Å². The summed E-state index contributed by atoms with van der Waals surface area (Å²) in [5.41, 5.74) is 4.02. The van der Waals surface area contributed by atoms with Crippen molar-refractivity contribution < 1.29 is 9.53 Å². The van der Waals surface area contributed by atoms with Gasteiger partial charge in [0.15, 0.2) is 0 Å². The van der Waals surface area contributed by atoms with Crippen LogP contribution in [-0.2, 0) is 4.79 Å². The van der Waals surface area contributed by atoms with Crippen LogP contribution in [0.2, 0.25) is 10.0 Å². The number of rotatable bonds is 8. The van der Waals surface area contributed by atoms with E-state index in [1.54, 1.807) is 36.5 Å². The van der Waals surface area contributed by atoms with Crippen LogP contribution in [0, 0.1) is 0 Å². The van der Waals surface area contributed by atoms with Crippen LogP contribution < -0.4 is 21.3 Å². The van der Waals surface area contributed by atoms with Crippen molar-refractivity contribution in [3.63, 3.8) is 0 Å². The van der Waals surface area contributed by atoms with Crippen LogP contribution in [-0.4, -0.2) is 39.9 Å². The van der Waals surface area contributed by atoms with Crippen molar-refractivity contribution >= 4 is 58.7 Å². The zero-order chi connectivity index (χ0) is 21.5. The quantitative estimate of drug-likeness (QED) is 0.201.